The van der Waals surface area contributed by atoms with Crippen molar-refractivity contribution in [2.24, 2.45) is 0 Å². The molecule has 47 heavy (non-hydrogen) atoms. The number of amides is 1. The van der Waals surface area contributed by atoms with Crippen molar-refractivity contribution in [3.63, 3.8) is 0 Å². The smallest absolute Gasteiger partial charge is 0.493 e. The quantitative estimate of drug-likeness (QED) is 0.112. The van der Waals surface area contributed by atoms with Crippen molar-refractivity contribution in [2.75, 3.05) is 6.61 Å². The highest BCUT2D eigenvalue weighted by molar-refractivity contribution is 9.10. The van der Waals surface area contributed by atoms with Crippen LogP contribution in [0.3, 0.4) is 0 Å². The Morgan fingerprint density at radius 3 is 2.21 bits per heavy atom. The van der Waals surface area contributed by atoms with Crippen molar-refractivity contribution in [3.8, 4) is 34.1 Å². The Morgan fingerprint density at radius 2 is 1.53 bits per heavy atom. The van der Waals surface area contributed by atoms with E-state index in [9.17, 15) is 27.9 Å². The predicted octanol–water partition coefficient (Wildman–Crippen LogP) is 9.58. The summed E-state index contributed by atoms with van der Waals surface area (Å²) in [5.74, 6) is -0.922. The van der Waals surface area contributed by atoms with Crippen LogP contribution < -0.4 is 19.5 Å². The van der Waals surface area contributed by atoms with Gasteiger partial charge in [0.1, 0.15) is 29.0 Å². The van der Waals surface area contributed by atoms with Crippen molar-refractivity contribution in [3.05, 3.63) is 107 Å². The van der Waals surface area contributed by atoms with Gasteiger partial charge in [-0.25, -0.2) is 4.79 Å². The number of rotatable bonds is 16. The van der Waals surface area contributed by atoms with Crippen LogP contribution in [-0.2, 0) is 11.2 Å². The Labute approximate surface area is 279 Å². The molecule has 0 spiro atoms. The molecule has 7 nitrogen and oxygen atoms in total. The topological polar surface area (TPSA) is 94.1 Å². The molecule has 0 saturated carbocycles. The summed E-state index contributed by atoms with van der Waals surface area (Å²) >= 11 is 3.38. The Bertz CT molecular complexity index is 1630. The highest BCUT2D eigenvalue weighted by Gasteiger charge is 2.31. The summed E-state index contributed by atoms with van der Waals surface area (Å²) in [5.41, 5.74) is 2.40. The molecule has 0 bridgehead atoms. The second kappa shape index (κ2) is 16.9. The summed E-state index contributed by atoms with van der Waals surface area (Å²) in [6, 6.07) is 23.2. The number of halogens is 4. The van der Waals surface area contributed by atoms with Gasteiger partial charge in [-0.1, -0.05) is 91.0 Å². The molecule has 1 unspecified atom stereocenters. The number of hydrogen-bond donors (Lipinski definition) is 2. The summed E-state index contributed by atoms with van der Waals surface area (Å²) in [5, 5.41) is 12.6. The minimum Gasteiger partial charge on any atom is -0.493 e. The maximum absolute atomic E-state index is 13.3. The fraction of sp³-hybridized carbons (Fsp3) is 0.278. The van der Waals surface area contributed by atoms with E-state index in [0.29, 0.717) is 39.5 Å². The molecule has 248 valence electrons. The lowest BCUT2D eigenvalue weighted by atomic mass is 9.99. The largest absolute Gasteiger partial charge is 0.573 e. The molecule has 0 heterocycles. The van der Waals surface area contributed by atoms with Crippen molar-refractivity contribution < 1.29 is 42.1 Å². The summed E-state index contributed by atoms with van der Waals surface area (Å²) in [7, 11) is 0. The highest BCUT2D eigenvalue weighted by atomic mass is 79.9. The Hall–Kier alpha value is -4.51. The number of nitrogens with one attached hydrogen (secondary N) is 1. The van der Waals surface area contributed by atoms with Gasteiger partial charge in [-0.05, 0) is 66.1 Å². The van der Waals surface area contributed by atoms with E-state index in [1.807, 2.05) is 12.1 Å². The molecule has 1 amide bonds. The number of carbonyl (C=O) groups is 2. The molecule has 2 N–H and O–H groups in total. The molecule has 0 aliphatic carbocycles. The number of alkyl halides is 3. The Morgan fingerprint density at radius 1 is 0.851 bits per heavy atom. The van der Waals surface area contributed by atoms with Gasteiger partial charge in [0.25, 0.3) is 5.91 Å². The maximum Gasteiger partial charge on any atom is 0.573 e. The van der Waals surface area contributed by atoms with Gasteiger partial charge in [0.05, 0.1) is 12.2 Å². The van der Waals surface area contributed by atoms with Crippen LogP contribution in [0.1, 0.15) is 54.9 Å². The van der Waals surface area contributed by atoms with Gasteiger partial charge < -0.3 is 24.6 Å². The van der Waals surface area contributed by atoms with E-state index in [1.165, 1.54) is 12.1 Å². The summed E-state index contributed by atoms with van der Waals surface area (Å²) in [4.78, 5) is 25.4. The van der Waals surface area contributed by atoms with E-state index < -0.39 is 24.3 Å². The van der Waals surface area contributed by atoms with Gasteiger partial charge in [0.15, 0.2) is 0 Å². The molecule has 0 aliphatic heterocycles. The monoisotopic (exact) mass is 713 g/mol. The van der Waals surface area contributed by atoms with Crippen molar-refractivity contribution in [1.29, 1.82) is 0 Å². The fourth-order valence-electron chi connectivity index (χ4n) is 4.82. The highest BCUT2D eigenvalue weighted by Crippen LogP contribution is 2.34. The molecule has 1 atom stereocenters. The number of carboxylic acid groups (broad SMARTS) is 1. The van der Waals surface area contributed by atoms with Gasteiger partial charge in [-0.15, -0.1) is 13.2 Å². The van der Waals surface area contributed by atoms with E-state index in [-0.39, 0.29) is 17.7 Å². The lowest BCUT2D eigenvalue weighted by molar-refractivity contribution is -0.274. The zero-order valence-corrected chi connectivity index (χ0v) is 27.3. The molecule has 0 saturated heterocycles. The first-order valence-electron chi connectivity index (χ1n) is 15.2. The summed E-state index contributed by atoms with van der Waals surface area (Å²) in [6.45, 7) is 2.60. The first-order valence-corrected chi connectivity index (χ1v) is 16.0. The number of unbranched alkanes of at least 4 members (excludes halogenated alkanes) is 4. The molecule has 0 aromatic heterocycles. The van der Waals surface area contributed by atoms with Gasteiger partial charge in [-0.2, -0.15) is 0 Å². The van der Waals surface area contributed by atoms with E-state index in [1.54, 1.807) is 54.6 Å². The lowest BCUT2D eigenvalue weighted by Crippen LogP contribution is -2.42. The predicted molar refractivity (Wildman–Crippen MR) is 176 cm³/mol. The molecule has 0 fully saturated rings. The third-order valence-electron chi connectivity index (χ3n) is 7.17. The Kier molecular flexibility index (Phi) is 12.7. The number of carbonyl (C=O) groups excluding carboxylic acids is 1. The molecule has 11 heteroatoms. The van der Waals surface area contributed by atoms with Crippen LogP contribution in [-0.4, -0.2) is 36.0 Å². The van der Waals surface area contributed by atoms with Gasteiger partial charge >= 0.3 is 12.3 Å². The number of aliphatic carboxylic acids is 1. The van der Waals surface area contributed by atoms with Crippen LogP contribution in [0.2, 0.25) is 0 Å². The zero-order valence-electron chi connectivity index (χ0n) is 25.7. The van der Waals surface area contributed by atoms with Gasteiger partial charge in [0.2, 0.25) is 0 Å². The van der Waals surface area contributed by atoms with E-state index >= 15 is 0 Å². The average molecular weight is 715 g/mol. The number of hydrogen-bond acceptors (Lipinski definition) is 5. The molecule has 4 aromatic carbocycles. The van der Waals surface area contributed by atoms with Crippen molar-refractivity contribution in [1.82, 2.24) is 5.32 Å². The standard InChI is InChI=1S/C36H35BrF3NO6/c1-2-3-4-5-8-21-45-32-20-15-26(37)23-30(32)34(42)41-31(35(43)44)22-24-11-13-25(14-12-24)29-9-6-7-10-33(29)46-27-16-18-28(19-17-27)47-36(38,39)40/h6-7,9-20,23,31H,2-5,8,21-22H2,1H3,(H,41,42)(H,43,44). The van der Waals surface area contributed by atoms with Crippen molar-refractivity contribution >= 4 is 27.8 Å². The SMILES string of the molecule is CCCCCCCOc1ccc(Br)cc1C(=O)NC(Cc1ccc(-c2ccccc2Oc2ccc(OC(F)(F)F)cc2)cc1)C(=O)O. The van der Waals surface area contributed by atoms with Gasteiger partial charge in [-0.3, -0.25) is 4.79 Å². The molecular weight excluding hydrogens is 679 g/mol. The van der Waals surface area contributed by atoms with E-state index in [4.69, 9.17) is 9.47 Å². The van der Waals surface area contributed by atoms with Gasteiger partial charge in [0, 0.05) is 16.5 Å². The molecule has 0 radical (unpaired) electrons. The minimum atomic E-state index is -4.79. The summed E-state index contributed by atoms with van der Waals surface area (Å²) < 4.78 is 53.9. The van der Waals surface area contributed by atoms with Crippen molar-refractivity contribution in [2.45, 2.75) is 57.9 Å². The fourth-order valence-corrected chi connectivity index (χ4v) is 5.18. The van der Waals surface area contributed by atoms with Crippen LogP contribution in [0.4, 0.5) is 13.2 Å². The first-order chi connectivity index (χ1) is 22.5. The first kappa shape index (κ1) is 35.3. The molecule has 0 aliphatic rings. The van der Waals surface area contributed by atoms with E-state index in [2.05, 4.69) is 32.9 Å². The maximum atomic E-state index is 13.3. The van der Waals surface area contributed by atoms with Crippen LogP contribution >= 0.6 is 15.9 Å². The average Bonchev–Trinajstić information content (AvgIpc) is 3.04. The number of para-hydroxylation sites is 1. The third-order valence-corrected chi connectivity index (χ3v) is 7.67. The van der Waals surface area contributed by atoms with Crippen LogP contribution in [0, 0.1) is 0 Å². The lowest BCUT2D eigenvalue weighted by Gasteiger charge is -2.17. The van der Waals surface area contributed by atoms with Crippen LogP contribution in [0.5, 0.6) is 23.0 Å². The molecule has 4 rings (SSSR count). The second-order valence-electron chi connectivity index (χ2n) is 10.8. The third kappa shape index (κ3) is 11.1. The van der Waals surface area contributed by atoms with Crippen LogP contribution in [0.15, 0.2) is 95.5 Å². The normalized spacial score (nSPS) is 11.9. The van der Waals surface area contributed by atoms with E-state index in [0.717, 1.165) is 49.8 Å². The molecular formula is C36H35BrF3NO6. The minimum absolute atomic E-state index is 0.0352. The zero-order chi connectivity index (χ0) is 33.8. The number of benzene rings is 4. The second-order valence-corrected chi connectivity index (χ2v) is 11.7. The number of ether oxygens (including phenoxy) is 3. The molecule has 4 aromatic rings. The Balaban J connectivity index is 1.42. The summed E-state index contributed by atoms with van der Waals surface area (Å²) in [6.07, 6.45) is 0.560. The number of carboxylic acids is 1. The van der Waals surface area contributed by atoms with Crippen LogP contribution in [0.25, 0.3) is 11.1 Å².